The number of rotatable bonds is 2. The molecule has 0 saturated heterocycles. The van der Waals surface area contributed by atoms with Gasteiger partial charge in [-0.15, -0.1) is 0 Å². The monoisotopic (exact) mass is 376 g/mol. The smallest absolute Gasteiger partial charge is 0.424 e. The molecule has 0 N–H and O–H groups in total. The topological polar surface area (TPSA) is 39.4 Å². The fourth-order valence-electron chi connectivity index (χ4n) is 2.98. The van der Waals surface area contributed by atoms with E-state index in [0.29, 0.717) is 5.75 Å². The van der Waals surface area contributed by atoms with Crippen LogP contribution in [0.4, 0.5) is 13.2 Å². The number of methoxy groups -OCH3 is 1. The van der Waals surface area contributed by atoms with Gasteiger partial charge in [0, 0.05) is 10.9 Å². The Labute approximate surface area is 154 Å². The Morgan fingerprint density at radius 3 is 2.11 bits per heavy atom. The van der Waals surface area contributed by atoms with Crippen molar-refractivity contribution in [3.05, 3.63) is 64.0 Å². The molecular weight excluding hydrogens is 357 g/mol. The first-order valence-electron chi connectivity index (χ1n) is 8.35. The van der Waals surface area contributed by atoms with E-state index >= 15 is 0 Å². The summed E-state index contributed by atoms with van der Waals surface area (Å²) in [6, 6.07) is 11.1. The summed E-state index contributed by atoms with van der Waals surface area (Å²) in [5.41, 5.74) is -1.93. The molecule has 0 bridgehead atoms. The minimum absolute atomic E-state index is 0.117. The van der Waals surface area contributed by atoms with Crippen molar-refractivity contribution in [2.45, 2.75) is 32.4 Å². The third kappa shape index (κ3) is 3.56. The molecule has 0 radical (unpaired) electrons. The molecule has 0 fully saturated rings. The second-order valence-corrected chi connectivity index (χ2v) is 7.33. The fourth-order valence-corrected chi connectivity index (χ4v) is 2.98. The zero-order chi connectivity index (χ0) is 20.0. The summed E-state index contributed by atoms with van der Waals surface area (Å²) in [7, 11) is 1.47. The Morgan fingerprint density at radius 1 is 0.963 bits per heavy atom. The molecule has 3 aromatic rings. The third-order valence-corrected chi connectivity index (χ3v) is 4.43. The summed E-state index contributed by atoms with van der Waals surface area (Å²) >= 11 is 0. The summed E-state index contributed by atoms with van der Waals surface area (Å²) in [4.78, 5) is 12.2. The summed E-state index contributed by atoms with van der Waals surface area (Å²) in [6.07, 6.45) is -4.85. The predicted molar refractivity (Wildman–Crippen MR) is 98.2 cm³/mol. The summed E-state index contributed by atoms with van der Waals surface area (Å²) in [5.74, 6) is 0.509. The van der Waals surface area contributed by atoms with Crippen LogP contribution in [0.5, 0.6) is 5.75 Å². The fraction of sp³-hybridized carbons (Fsp3) is 0.286. The van der Waals surface area contributed by atoms with Gasteiger partial charge in [0.1, 0.15) is 16.9 Å². The van der Waals surface area contributed by atoms with Gasteiger partial charge in [0.25, 0.3) is 0 Å². The van der Waals surface area contributed by atoms with Gasteiger partial charge in [-0.25, -0.2) is 4.79 Å². The van der Waals surface area contributed by atoms with Gasteiger partial charge >= 0.3 is 11.8 Å². The Bertz CT molecular complexity index is 1040. The van der Waals surface area contributed by atoms with Crippen molar-refractivity contribution < 1.29 is 22.3 Å². The normalized spacial score (nSPS) is 12.4. The standard InChI is InChI=1S/C21H19F3O3/c1-20(2,3)13-7-10-16-15(11-13)17(12-5-8-14(26-4)9-6-12)18(19(25)27-16)21(22,23)24/h5-11H,1-4H3. The number of benzene rings is 2. The Kier molecular flexibility index (Phi) is 4.54. The van der Waals surface area contributed by atoms with E-state index in [4.69, 9.17) is 9.15 Å². The molecule has 0 aliphatic rings. The zero-order valence-corrected chi connectivity index (χ0v) is 15.4. The van der Waals surface area contributed by atoms with E-state index in [1.54, 1.807) is 30.3 Å². The average Bonchev–Trinajstić information content (AvgIpc) is 2.58. The largest absolute Gasteiger partial charge is 0.497 e. The zero-order valence-electron chi connectivity index (χ0n) is 15.4. The van der Waals surface area contributed by atoms with Gasteiger partial charge in [-0.05, 0) is 40.8 Å². The van der Waals surface area contributed by atoms with Gasteiger partial charge in [0.05, 0.1) is 7.11 Å². The van der Waals surface area contributed by atoms with Crippen molar-refractivity contribution in [3.8, 4) is 16.9 Å². The van der Waals surface area contributed by atoms with Crippen molar-refractivity contribution >= 4 is 11.0 Å². The first-order chi connectivity index (χ1) is 12.5. The maximum atomic E-state index is 13.7. The van der Waals surface area contributed by atoms with Gasteiger partial charge in [0.15, 0.2) is 0 Å². The van der Waals surface area contributed by atoms with Gasteiger partial charge in [-0.2, -0.15) is 13.2 Å². The van der Waals surface area contributed by atoms with Crippen LogP contribution in [0, 0.1) is 0 Å². The maximum absolute atomic E-state index is 13.7. The number of hydrogen-bond acceptors (Lipinski definition) is 3. The van der Waals surface area contributed by atoms with Crippen LogP contribution in [0.2, 0.25) is 0 Å². The molecule has 0 unspecified atom stereocenters. The molecule has 3 nitrogen and oxygen atoms in total. The molecule has 0 aliphatic carbocycles. The lowest BCUT2D eigenvalue weighted by molar-refractivity contribution is -0.139. The van der Waals surface area contributed by atoms with Crippen LogP contribution in [-0.2, 0) is 11.6 Å². The molecule has 0 aliphatic heterocycles. The van der Waals surface area contributed by atoms with Crippen molar-refractivity contribution in [2.24, 2.45) is 0 Å². The molecule has 2 aromatic carbocycles. The van der Waals surface area contributed by atoms with Crippen LogP contribution < -0.4 is 10.4 Å². The van der Waals surface area contributed by atoms with E-state index in [1.165, 1.54) is 19.2 Å². The van der Waals surface area contributed by atoms with Crippen LogP contribution in [0.25, 0.3) is 22.1 Å². The minimum Gasteiger partial charge on any atom is -0.497 e. The Balaban J connectivity index is 2.45. The van der Waals surface area contributed by atoms with Crippen LogP contribution in [-0.4, -0.2) is 7.11 Å². The predicted octanol–water partition coefficient (Wildman–Crippen LogP) is 5.78. The van der Waals surface area contributed by atoms with Gasteiger partial charge in [-0.1, -0.05) is 39.0 Å². The Hall–Kier alpha value is -2.76. The van der Waals surface area contributed by atoms with Crippen LogP contribution in [0.15, 0.2) is 51.7 Å². The lowest BCUT2D eigenvalue weighted by atomic mass is 9.85. The quantitative estimate of drug-likeness (QED) is 0.532. The summed E-state index contributed by atoms with van der Waals surface area (Å²) in [5, 5.41) is 0.250. The maximum Gasteiger partial charge on any atom is 0.424 e. The van der Waals surface area contributed by atoms with E-state index in [9.17, 15) is 18.0 Å². The highest BCUT2D eigenvalue weighted by Crippen LogP contribution is 2.40. The van der Waals surface area contributed by atoms with Crippen molar-refractivity contribution in [3.63, 3.8) is 0 Å². The van der Waals surface area contributed by atoms with Crippen molar-refractivity contribution in [2.75, 3.05) is 7.11 Å². The molecule has 142 valence electrons. The number of hydrogen-bond donors (Lipinski definition) is 0. The first kappa shape index (κ1) is 19.0. The van der Waals surface area contributed by atoms with E-state index < -0.39 is 17.4 Å². The van der Waals surface area contributed by atoms with Crippen molar-refractivity contribution in [1.82, 2.24) is 0 Å². The molecule has 0 amide bonds. The molecular formula is C21H19F3O3. The molecule has 0 saturated carbocycles. The number of halogens is 3. The lowest BCUT2D eigenvalue weighted by Crippen LogP contribution is -2.20. The van der Waals surface area contributed by atoms with Crippen LogP contribution >= 0.6 is 0 Å². The molecule has 1 aromatic heterocycles. The molecule has 3 rings (SSSR count). The Morgan fingerprint density at radius 2 is 1.59 bits per heavy atom. The lowest BCUT2D eigenvalue weighted by Gasteiger charge is -2.21. The number of ether oxygens (including phenoxy) is 1. The molecule has 0 spiro atoms. The van der Waals surface area contributed by atoms with Crippen LogP contribution in [0.3, 0.4) is 0 Å². The third-order valence-electron chi connectivity index (χ3n) is 4.43. The molecule has 1 heterocycles. The second kappa shape index (κ2) is 6.44. The summed E-state index contributed by atoms with van der Waals surface area (Å²) < 4.78 is 51.2. The highest BCUT2D eigenvalue weighted by atomic mass is 19.4. The SMILES string of the molecule is COc1ccc(-c2c(C(F)(F)F)c(=O)oc3ccc(C(C)(C)C)cc23)cc1. The van der Waals surface area contributed by atoms with Crippen molar-refractivity contribution in [1.29, 1.82) is 0 Å². The molecule has 27 heavy (non-hydrogen) atoms. The van der Waals surface area contributed by atoms with Crippen LogP contribution in [0.1, 0.15) is 31.9 Å². The van der Waals surface area contributed by atoms with Gasteiger partial charge < -0.3 is 9.15 Å². The van der Waals surface area contributed by atoms with Gasteiger partial charge in [-0.3, -0.25) is 0 Å². The highest BCUT2D eigenvalue weighted by molar-refractivity contribution is 5.95. The van der Waals surface area contributed by atoms with E-state index in [0.717, 1.165) is 5.56 Å². The van der Waals surface area contributed by atoms with E-state index in [2.05, 4.69) is 0 Å². The number of alkyl halides is 3. The van der Waals surface area contributed by atoms with Gasteiger partial charge in [0.2, 0.25) is 0 Å². The van der Waals surface area contributed by atoms with E-state index in [1.807, 2.05) is 20.8 Å². The molecule has 0 atom stereocenters. The summed E-state index contributed by atoms with van der Waals surface area (Å²) in [6.45, 7) is 5.89. The molecule has 6 heteroatoms. The number of fused-ring (bicyclic) bond motifs is 1. The average molecular weight is 376 g/mol. The second-order valence-electron chi connectivity index (χ2n) is 7.33. The minimum atomic E-state index is -4.85. The first-order valence-corrected chi connectivity index (χ1v) is 8.35. The highest BCUT2D eigenvalue weighted by Gasteiger charge is 2.39. The van der Waals surface area contributed by atoms with E-state index in [-0.39, 0.29) is 27.5 Å².